The van der Waals surface area contributed by atoms with Gasteiger partial charge in [0.15, 0.2) is 11.6 Å². The molecule has 1 atom stereocenters. The Kier molecular flexibility index (Phi) is 2.24. The normalized spacial score (nSPS) is 25.2. The van der Waals surface area contributed by atoms with Crippen molar-refractivity contribution in [3.63, 3.8) is 0 Å². The van der Waals surface area contributed by atoms with E-state index >= 15 is 0 Å². The van der Waals surface area contributed by atoms with E-state index in [0.29, 0.717) is 24.8 Å². The van der Waals surface area contributed by atoms with Gasteiger partial charge in [-0.15, -0.1) is 12.3 Å². The van der Waals surface area contributed by atoms with Crippen LogP contribution in [-0.2, 0) is 4.79 Å². The third-order valence-electron chi connectivity index (χ3n) is 3.92. The fourth-order valence-electron chi connectivity index (χ4n) is 3.03. The molecule has 2 nitrogen and oxygen atoms in total. The summed E-state index contributed by atoms with van der Waals surface area (Å²) < 4.78 is 0. The first-order chi connectivity index (χ1) is 8.69. The number of ketones is 2. The van der Waals surface area contributed by atoms with Crippen molar-refractivity contribution in [1.29, 1.82) is 0 Å². The first-order valence-corrected chi connectivity index (χ1v) is 6.02. The lowest BCUT2D eigenvalue weighted by Gasteiger charge is -2.30. The second-order valence-corrected chi connectivity index (χ2v) is 4.86. The Balaban J connectivity index is 2.28. The van der Waals surface area contributed by atoms with E-state index in [0.717, 1.165) is 11.1 Å². The Morgan fingerprint density at radius 2 is 1.94 bits per heavy atom. The minimum Gasteiger partial charge on any atom is -0.295 e. The van der Waals surface area contributed by atoms with Crippen molar-refractivity contribution in [3.8, 4) is 12.3 Å². The Labute approximate surface area is 106 Å². The molecular weight excluding hydrogens is 224 g/mol. The fraction of sp³-hybridized carbons (Fsp3) is 0.250. The molecule has 0 aromatic heterocycles. The number of fused-ring (bicyclic) bond motifs is 3. The quantitative estimate of drug-likeness (QED) is 0.702. The number of allylic oxidation sites excluding steroid dienone is 2. The van der Waals surface area contributed by atoms with Crippen LogP contribution >= 0.6 is 0 Å². The summed E-state index contributed by atoms with van der Waals surface area (Å²) in [6.45, 7) is 0. The molecule has 0 heterocycles. The molecule has 0 amide bonds. The highest BCUT2D eigenvalue weighted by Gasteiger charge is 2.50. The zero-order valence-corrected chi connectivity index (χ0v) is 9.90. The minimum atomic E-state index is -0.646. The number of hydrogen-bond acceptors (Lipinski definition) is 2. The topological polar surface area (TPSA) is 34.1 Å². The van der Waals surface area contributed by atoms with Gasteiger partial charge in [-0.2, -0.15) is 0 Å². The molecule has 2 heteroatoms. The van der Waals surface area contributed by atoms with Gasteiger partial charge < -0.3 is 0 Å². The van der Waals surface area contributed by atoms with Crippen molar-refractivity contribution in [2.24, 2.45) is 5.41 Å². The third-order valence-corrected chi connectivity index (χ3v) is 3.92. The maximum atomic E-state index is 12.6. The molecule has 0 aliphatic heterocycles. The van der Waals surface area contributed by atoms with Crippen molar-refractivity contribution in [3.05, 3.63) is 41.5 Å². The van der Waals surface area contributed by atoms with E-state index in [-0.39, 0.29) is 11.6 Å². The van der Waals surface area contributed by atoms with E-state index in [9.17, 15) is 9.59 Å². The second kappa shape index (κ2) is 3.68. The molecule has 88 valence electrons. The van der Waals surface area contributed by atoms with E-state index in [1.54, 1.807) is 6.08 Å². The predicted molar refractivity (Wildman–Crippen MR) is 68.9 cm³/mol. The van der Waals surface area contributed by atoms with Gasteiger partial charge in [-0.05, 0) is 23.6 Å². The van der Waals surface area contributed by atoms with Crippen LogP contribution in [-0.4, -0.2) is 11.6 Å². The zero-order valence-electron chi connectivity index (χ0n) is 9.90. The zero-order chi connectivity index (χ0) is 12.8. The average molecular weight is 236 g/mol. The molecule has 0 saturated heterocycles. The van der Waals surface area contributed by atoms with Crippen LogP contribution in [0, 0.1) is 17.8 Å². The fourth-order valence-corrected chi connectivity index (χ4v) is 3.03. The lowest BCUT2D eigenvalue weighted by Crippen LogP contribution is -2.30. The van der Waals surface area contributed by atoms with Crippen LogP contribution in [0.5, 0.6) is 0 Å². The molecule has 1 aromatic carbocycles. The first-order valence-electron chi connectivity index (χ1n) is 6.02. The van der Waals surface area contributed by atoms with Crippen LogP contribution in [0.1, 0.15) is 35.2 Å². The van der Waals surface area contributed by atoms with Gasteiger partial charge in [0.2, 0.25) is 0 Å². The van der Waals surface area contributed by atoms with Gasteiger partial charge in [0.25, 0.3) is 0 Å². The molecule has 0 saturated carbocycles. The Bertz CT molecular complexity index is 631. The molecule has 0 fully saturated rings. The van der Waals surface area contributed by atoms with Crippen LogP contribution in [0.2, 0.25) is 0 Å². The lowest BCUT2D eigenvalue weighted by atomic mass is 9.70. The van der Waals surface area contributed by atoms with Crippen LogP contribution in [0.3, 0.4) is 0 Å². The maximum Gasteiger partial charge on any atom is 0.174 e. The van der Waals surface area contributed by atoms with Crippen molar-refractivity contribution < 1.29 is 9.59 Å². The predicted octanol–water partition coefficient (Wildman–Crippen LogP) is 2.64. The highest BCUT2D eigenvalue weighted by molar-refractivity contribution is 6.20. The molecule has 18 heavy (non-hydrogen) atoms. The second-order valence-electron chi connectivity index (χ2n) is 4.86. The molecule has 2 aliphatic rings. The highest BCUT2D eigenvalue weighted by Crippen LogP contribution is 2.53. The van der Waals surface area contributed by atoms with Gasteiger partial charge in [0.1, 0.15) is 0 Å². The van der Waals surface area contributed by atoms with Gasteiger partial charge in [-0.25, -0.2) is 0 Å². The van der Waals surface area contributed by atoms with Crippen molar-refractivity contribution in [2.45, 2.75) is 19.3 Å². The largest absolute Gasteiger partial charge is 0.295 e. The number of carbonyl (C=O) groups is 2. The molecular formula is C16H12O2. The van der Waals surface area contributed by atoms with Crippen LogP contribution in [0.15, 0.2) is 30.3 Å². The number of benzene rings is 1. The number of Topliss-reactive ketones (excluding diaryl/α,β-unsaturated/α-hetero) is 1. The molecule has 3 rings (SSSR count). The van der Waals surface area contributed by atoms with E-state index in [1.165, 1.54) is 0 Å². The minimum absolute atomic E-state index is 0.0785. The summed E-state index contributed by atoms with van der Waals surface area (Å²) in [7, 11) is 0. The van der Waals surface area contributed by atoms with Gasteiger partial charge in [0.05, 0.1) is 5.41 Å². The Morgan fingerprint density at radius 3 is 2.67 bits per heavy atom. The number of terminal acetylenes is 1. The monoisotopic (exact) mass is 236 g/mol. The van der Waals surface area contributed by atoms with Gasteiger partial charge >= 0.3 is 0 Å². The average Bonchev–Trinajstić information content (AvgIpc) is 2.62. The number of hydrogen-bond donors (Lipinski definition) is 0. The van der Waals surface area contributed by atoms with Crippen LogP contribution in [0.4, 0.5) is 0 Å². The standard InChI is InChI=1S/C16H12O2/c1-2-8-16-9-7-11(17)10-14(16)12-5-3-4-6-13(12)15(16)18/h1,3-6,10H,7-9H2. The maximum absolute atomic E-state index is 12.6. The van der Waals surface area contributed by atoms with Crippen molar-refractivity contribution in [2.75, 3.05) is 0 Å². The number of carbonyl (C=O) groups excluding carboxylic acids is 2. The molecule has 0 radical (unpaired) electrons. The molecule has 0 bridgehead atoms. The summed E-state index contributed by atoms with van der Waals surface area (Å²) in [5, 5.41) is 0. The summed E-state index contributed by atoms with van der Waals surface area (Å²) in [4.78, 5) is 24.2. The molecule has 0 spiro atoms. The van der Waals surface area contributed by atoms with E-state index in [2.05, 4.69) is 5.92 Å². The SMILES string of the molecule is C#CCC12CCC(=O)C=C1c1ccccc1C2=O. The molecule has 2 aliphatic carbocycles. The Hall–Kier alpha value is -2.14. The van der Waals surface area contributed by atoms with Gasteiger partial charge in [-0.3, -0.25) is 9.59 Å². The summed E-state index contributed by atoms with van der Waals surface area (Å²) in [5.74, 6) is 2.77. The van der Waals surface area contributed by atoms with E-state index in [1.807, 2.05) is 24.3 Å². The summed E-state index contributed by atoms with van der Waals surface area (Å²) in [6, 6.07) is 7.45. The van der Waals surface area contributed by atoms with Gasteiger partial charge in [-0.1, -0.05) is 24.3 Å². The highest BCUT2D eigenvalue weighted by atomic mass is 16.1. The molecule has 0 N–H and O–H groups in total. The summed E-state index contributed by atoms with van der Waals surface area (Å²) in [6.07, 6.45) is 8.36. The third kappa shape index (κ3) is 1.25. The number of rotatable bonds is 1. The molecule has 1 aromatic rings. The van der Waals surface area contributed by atoms with E-state index in [4.69, 9.17) is 6.42 Å². The van der Waals surface area contributed by atoms with Gasteiger partial charge in [0, 0.05) is 18.4 Å². The van der Waals surface area contributed by atoms with Crippen molar-refractivity contribution in [1.82, 2.24) is 0 Å². The van der Waals surface area contributed by atoms with Crippen molar-refractivity contribution >= 4 is 17.1 Å². The first kappa shape index (κ1) is 11.0. The smallest absolute Gasteiger partial charge is 0.174 e. The summed E-state index contributed by atoms with van der Waals surface area (Å²) in [5.41, 5.74) is 1.77. The van der Waals surface area contributed by atoms with Crippen LogP contribution in [0.25, 0.3) is 5.57 Å². The van der Waals surface area contributed by atoms with Crippen LogP contribution < -0.4 is 0 Å². The van der Waals surface area contributed by atoms with E-state index < -0.39 is 5.41 Å². The lowest BCUT2D eigenvalue weighted by molar-refractivity contribution is -0.115. The summed E-state index contributed by atoms with van der Waals surface area (Å²) >= 11 is 0. The Morgan fingerprint density at radius 1 is 1.22 bits per heavy atom. The molecule has 1 unspecified atom stereocenters.